The normalized spacial score (nSPS) is 11.3. The number of aromatic nitrogens is 1. The Kier molecular flexibility index (Phi) is 6.57. The maximum atomic E-state index is 5.72. The summed E-state index contributed by atoms with van der Waals surface area (Å²) in [5, 5.41) is 2.32. The number of nitrogens with zero attached hydrogens (tertiary/aromatic N) is 2. The Morgan fingerprint density at radius 3 is 2.08 bits per heavy atom. The lowest BCUT2D eigenvalue weighted by molar-refractivity contribution is 0.340. The predicted molar refractivity (Wildman–Crippen MR) is 159 cm³/mol. The Morgan fingerprint density at radius 1 is 0.684 bits per heavy atom. The van der Waals surface area contributed by atoms with Crippen molar-refractivity contribution in [1.29, 1.82) is 0 Å². The molecule has 3 nitrogen and oxygen atoms in total. The number of hydrogen-bond acceptors (Lipinski definition) is 2. The third-order valence-corrected chi connectivity index (χ3v) is 6.66. The lowest BCUT2D eigenvalue weighted by atomic mass is 10.1. The molecule has 6 rings (SSSR count). The van der Waals surface area contributed by atoms with E-state index in [-0.39, 0.29) is 0 Å². The number of rotatable bonds is 7. The zero-order valence-corrected chi connectivity index (χ0v) is 21.3. The summed E-state index contributed by atoms with van der Waals surface area (Å²) in [4.78, 5) is 5.01. The van der Waals surface area contributed by atoms with Crippen molar-refractivity contribution < 1.29 is 4.74 Å². The molecule has 0 saturated carbocycles. The van der Waals surface area contributed by atoms with E-state index < -0.39 is 0 Å². The molecule has 5 aromatic carbocycles. The zero-order valence-electron chi connectivity index (χ0n) is 21.3. The minimum Gasteiger partial charge on any atom is -0.494 e. The van der Waals surface area contributed by atoms with E-state index >= 15 is 0 Å². The fraction of sp³-hybridized carbons (Fsp3) is 0.0571. The summed E-state index contributed by atoms with van der Waals surface area (Å²) >= 11 is 0. The average Bonchev–Trinajstić information content (AvgIpc) is 3.37. The Morgan fingerprint density at radius 2 is 1.34 bits per heavy atom. The molecule has 3 heteroatoms. The van der Waals surface area contributed by atoms with Crippen LogP contribution in [-0.4, -0.2) is 17.4 Å². The average molecular weight is 493 g/mol. The first-order valence-corrected chi connectivity index (χ1v) is 12.9. The molecule has 184 valence electrons. The van der Waals surface area contributed by atoms with Crippen LogP contribution in [0.3, 0.4) is 0 Å². The summed E-state index contributed by atoms with van der Waals surface area (Å²) in [5.74, 6) is 0.865. The first-order valence-electron chi connectivity index (χ1n) is 12.9. The first-order chi connectivity index (χ1) is 18.8. The third-order valence-electron chi connectivity index (χ3n) is 6.66. The minimum atomic E-state index is 0.641. The summed E-state index contributed by atoms with van der Waals surface area (Å²) in [6.07, 6.45) is 2.00. The van der Waals surface area contributed by atoms with Crippen molar-refractivity contribution in [3.8, 4) is 34.0 Å². The summed E-state index contributed by atoms with van der Waals surface area (Å²) in [5.41, 5.74) is 7.54. The zero-order chi connectivity index (χ0) is 25.7. The van der Waals surface area contributed by atoms with E-state index in [1.807, 2.05) is 25.3 Å². The Balaban J connectivity index is 1.58. The Labute approximate surface area is 223 Å². The maximum absolute atomic E-state index is 5.72. The number of ether oxygens (including phenoxy) is 1. The molecule has 1 heterocycles. The molecule has 0 amide bonds. The molecule has 0 radical (unpaired) electrons. The smallest absolute Gasteiger partial charge is 0.119 e. The largest absolute Gasteiger partial charge is 0.494 e. The van der Waals surface area contributed by atoms with Crippen LogP contribution in [0.2, 0.25) is 0 Å². The minimum absolute atomic E-state index is 0.641. The SMILES string of the molecule is CCOc1ccc(-n2c(-c3ccccc3)cc(C=Nc3cccc4ccccc34)c2-c2ccccc2)cc1. The van der Waals surface area contributed by atoms with Gasteiger partial charge in [0.05, 0.1) is 23.7 Å². The van der Waals surface area contributed by atoms with Gasteiger partial charge in [-0.25, -0.2) is 0 Å². The fourth-order valence-electron chi connectivity index (χ4n) is 4.93. The molecule has 0 unspecified atom stereocenters. The molecule has 0 bridgehead atoms. The third kappa shape index (κ3) is 4.62. The second-order valence-electron chi connectivity index (χ2n) is 9.08. The molecule has 6 aromatic rings. The highest BCUT2D eigenvalue weighted by atomic mass is 16.5. The molecule has 0 aliphatic heterocycles. The van der Waals surface area contributed by atoms with Crippen molar-refractivity contribution in [2.45, 2.75) is 6.92 Å². The van der Waals surface area contributed by atoms with E-state index in [0.717, 1.165) is 50.6 Å². The number of hydrogen-bond donors (Lipinski definition) is 0. The van der Waals surface area contributed by atoms with E-state index in [0.29, 0.717) is 6.61 Å². The second-order valence-corrected chi connectivity index (χ2v) is 9.08. The van der Waals surface area contributed by atoms with Crippen molar-refractivity contribution in [2.75, 3.05) is 6.61 Å². The summed E-state index contributed by atoms with van der Waals surface area (Å²) < 4.78 is 8.05. The monoisotopic (exact) mass is 492 g/mol. The molecule has 0 saturated heterocycles. The summed E-state index contributed by atoms with van der Waals surface area (Å²) in [7, 11) is 0. The standard InChI is InChI=1S/C35H28N2O/c1-2-38-31-22-20-30(21-23-31)37-34(27-13-5-3-6-14-27)24-29(35(37)28-15-7-4-8-16-28)25-36-33-19-11-17-26-12-9-10-18-32(26)33/h3-25H,2H2,1H3. The number of aliphatic imine (C=N–C) groups is 1. The Hall–Kier alpha value is -4.89. The molecular formula is C35H28N2O. The van der Waals surface area contributed by atoms with Gasteiger partial charge in [-0.3, -0.25) is 4.99 Å². The second kappa shape index (κ2) is 10.6. The van der Waals surface area contributed by atoms with Gasteiger partial charge in [-0.05, 0) is 59.8 Å². The van der Waals surface area contributed by atoms with Gasteiger partial charge in [0.15, 0.2) is 0 Å². The highest BCUT2D eigenvalue weighted by molar-refractivity contribution is 5.98. The number of benzene rings is 5. The van der Waals surface area contributed by atoms with Gasteiger partial charge in [-0.2, -0.15) is 0 Å². The highest BCUT2D eigenvalue weighted by Gasteiger charge is 2.19. The topological polar surface area (TPSA) is 26.5 Å². The van der Waals surface area contributed by atoms with Crippen LogP contribution in [0.5, 0.6) is 5.75 Å². The van der Waals surface area contributed by atoms with E-state index in [1.54, 1.807) is 0 Å². The maximum Gasteiger partial charge on any atom is 0.119 e. The van der Waals surface area contributed by atoms with Crippen LogP contribution in [0.1, 0.15) is 12.5 Å². The molecule has 0 fully saturated rings. The quantitative estimate of drug-likeness (QED) is 0.204. The van der Waals surface area contributed by atoms with Crippen LogP contribution >= 0.6 is 0 Å². The molecule has 0 aliphatic carbocycles. The first kappa shape index (κ1) is 23.5. The van der Waals surface area contributed by atoms with Crippen molar-refractivity contribution in [2.24, 2.45) is 4.99 Å². The van der Waals surface area contributed by atoms with Gasteiger partial charge in [-0.1, -0.05) is 97.1 Å². The van der Waals surface area contributed by atoms with Crippen molar-refractivity contribution in [3.05, 3.63) is 139 Å². The van der Waals surface area contributed by atoms with Gasteiger partial charge in [-0.15, -0.1) is 0 Å². The van der Waals surface area contributed by atoms with Crippen molar-refractivity contribution in [1.82, 2.24) is 4.57 Å². The van der Waals surface area contributed by atoms with Crippen LogP contribution in [0.4, 0.5) is 5.69 Å². The van der Waals surface area contributed by atoms with E-state index in [4.69, 9.17) is 9.73 Å². The van der Waals surface area contributed by atoms with Gasteiger partial charge in [0, 0.05) is 22.9 Å². The van der Waals surface area contributed by atoms with Crippen molar-refractivity contribution in [3.63, 3.8) is 0 Å². The van der Waals surface area contributed by atoms with Crippen LogP contribution in [0.15, 0.2) is 138 Å². The van der Waals surface area contributed by atoms with Crippen LogP contribution in [0, 0.1) is 0 Å². The van der Waals surface area contributed by atoms with E-state index in [1.165, 1.54) is 5.39 Å². The lowest BCUT2D eigenvalue weighted by Gasteiger charge is -2.15. The molecule has 38 heavy (non-hydrogen) atoms. The van der Waals surface area contributed by atoms with Gasteiger partial charge in [0.25, 0.3) is 0 Å². The fourth-order valence-corrected chi connectivity index (χ4v) is 4.93. The Bertz CT molecular complexity index is 1690. The summed E-state index contributed by atoms with van der Waals surface area (Å²) in [6.45, 7) is 2.64. The lowest BCUT2D eigenvalue weighted by Crippen LogP contribution is -2.01. The predicted octanol–water partition coefficient (Wildman–Crippen LogP) is 9.11. The van der Waals surface area contributed by atoms with Gasteiger partial charge in [0.2, 0.25) is 0 Å². The molecule has 1 aromatic heterocycles. The summed E-state index contributed by atoms with van der Waals surface area (Å²) in [6, 6.07) is 46.2. The molecule has 0 aliphatic rings. The van der Waals surface area contributed by atoms with Gasteiger partial charge < -0.3 is 9.30 Å². The van der Waals surface area contributed by atoms with Crippen LogP contribution < -0.4 is 4.74 Å². The highest BCUT2D eigenvalue weighted by Crippen LogP contribution is 2.36. The van der Waals surface area contributed by atoms with Gasteiger partial charge in [0.1, 0.15) is 5.75 Å². The van der Waals surface area contributed by atoms with E-state index in [2.05, 4.69) is 126 Å². The van der Waals surface area contributed by atoms with Crippen LogP contribution in [0.25, 0.3) is 39.0 Å². The molecular weight excluding hydrogens is 464 g/mol. The number of fused-ring (bicyclic) bond motifs is 1. The van der Waals surface area contributed by atoms with Crippen LogP contribution in [-0.2, 0) is 0 Å². The molecule has 0 spiro atoms. The molecule has 0 N–H and O–H groups in total. The van der Waals surface area contributed by atoms with Gasteiger partial charge >= 0.3 is 0 Å². The van der Waals surface area contributed by atoms with Crippen molar-refractivity contribution >= 4 is 22.7 Å². The molecule has 0 atom stereocenters. The van der Waals surface area contributed by atoms with E-state index in [9.17, 15) is 0 Å².